The molecule has 1 aliphatic rings. The van der Waals surface area contributed by atoms with E-state index in [1.165, 1.54) is 5.56 Å². The van der Waals surface area contributed by atoms with Crippen molar-refractivity contribution in [3.05, 3.63) is 23.8 Å². The number of likely N-dealkylation sites (N-methyl/N-ethyl adjacent to an activating group) is 1. The van der Waals surface area contributed by atoms with E-state index in [2.05, 4.69) is 32.0 Å². The molecular formula is C13H19NO2. The number of benzene rings is 1. The van der Waals surface area contributed by atoms with Gasteiger partial charge in [0.1, 0.15) is 0 Å². The van der Waals surface area contributed by atoms with Gasteiger partial charge in [0.2, 0.25) is 6.79 Å². The van der Waals surface area contributed by atoms with Crippen molar-refractivity contribution in [2.75, 3.05) is 20.9 Å². The third-order valence-corrected chi connectivity index (χ3v) is 3.14. The zero-order valence-corrected chi connectivity index (χ0v) is 10.2. The van der Waals surface area contributed by atoms with Gasteiger partial charge in [0, 0.05) is 6.04 Å². The van der Waals surface area contributed by atoms with Crippen LogP contribution in [0.2, 0.25) is 0 Å². The molecule has 0 amide bonds. The van der Waals surface area contributed by atoms with Gasteiger partial charge in [0.25, 0.3) is 0 Å². The smallest absolute Gasteiger partial charge is 0.231 e. The molecule has 0 spiro atoms. The molecule has 1 aromatic carbocycles. The lowest BCUT2D eigenvalue weighted by atomic mass is 10.0. The summed E-state index contributed by atoms with van der Waals surface area (Å²) in [7, 11) is 4.24. The van der Waals surface area contributed by atoms with Crippen molar-refractivity contribution in [1.29, 1.82) is 0 Å². The standard InChI is InChI=1S/C13H19NO2/c1-4-11(14(2)3)8-10-6-5-7-12-13(10)16-9-15-12/h5-7,11H,4,8-9H2,1-3H3. The van der Waals surface area contributed by atoms with Gasteiger partial charge in [0.15, 0.2) is 11.5 Å². The van der Waals surface area contributed by atoms with Gasteiger partial charge >= 0.3 is 0 Å². The van der Waals surface area contributed by atoms with Crippen molar-refractivity contribution in [3.8, 4) is 11.5 Å². The SMILES string of the molecule is CCC(Cc1cccc2c1OCO2)N(C)C. The van der Waals surface area contributed by atoms with Crippen molar-refractivity contribution in [1.82, 2.24) is 4.90 Å². The Kier molecular flexibility index (Phi) is 3.34. The third kappa shape index (κ3) is 2.14. The third-order valence-electron chi connectivity index (χ3n) is 3.14. The molecule has 0 radical (unpaired) electrons. The maximum atomic E-state index is 5.51. The average molecular weight is 221 g/mol. The lowest BCUT2D eigenvalue weighted by Crippen LogP contribution is -2.29. The number of hydrogen-bond acceptors (Lipinski definition) is 3. The molecule has 0 aliphatic carbocycles. The second-order valence-electron chi connectivity index (χ2n) is 4.38. The minimum atomic E-state index is 0.352. The van der Waals surface area contributed by atoms with Crippen LogP contribution in [0.5, 0.6) is 11.5 Å². The first-order valence-electron chi connectivity index (χ1n) is 5.76. The number of fused-ring (bicyclic) bond motifs is 1. The monoisotopic (exact) mass is 221 g/mol. The van der Waals surface area contributed by atoms with Crippen LogP contribution in [0.4, 0.5) is 0 Å². The first-order valence-corrected chi connectivity index (χ1v) is 5.76. The summed E-state index contributed by atoms with van der Waals surface area (Å²) in [5, 5.41) is 0. The van der Waals surface area contributed by atoms with Crippen molar-refractivity contribution in [3.63, 3.8) is 0 Å². The van der Waals surface area contributed by atoms with E-state index in [1.54, 1.807) is 0 Å². The predicted octanol–water partition coefficient (Wildman–Crippen LogP) is 2.30. The Bertz CT molecular complexity index is 363. The summed E-state index contributed by atoms with van der Waals surface area (Å²) in [5.74, 6) is 1.81. The van der Waals surface area contributed by atoms with E-state index in [0.29, 0.717) is 12.8 Å². The fourth-order valence-corrected chi connectivity index (χ4v) is 2.10. The van der Waals surface area contributed by atoms with Crippen LogP contribution in [-0.2, 0) is 6.42 Å². The summed E-state index contributed by atoms with van der Waals surface area (Å²) in [6, 6.07) is 6.67. The Morgan fingerprint density at radius 3 is 2.81 bits per heavy atom. The van der Waals surface area contributed by atoms with E-state index in [0.717, 1.165) is 24.3 Å². The highest BCUT2D eigenvalue weighted by Gasteiger charge is 2.19. The molecule has 3 heteroatoms. The highest BCUT2D eigenvalue weighted by atomic mass is 16.7. The minimum Gasteiger partial charge on any atom is -0.454 e. The van der Waals surface area contributed by atoms with Gasteiger partial charge in [-0.05, 0) is 38.6 Å². The zero-order chi connectivity index (χ0) is 11.5. The maximum Gasteiger partial charge on any atom is 0.231 e. The van der Waals surface area contributed by atoms with Crippen molar-refractivity contribution in [2.45, 2.75) is 25.8 Å². The van der Waals surface area contributed by atoms with Crippen LogP contribution in [0, 0.1) is 0 Å². The van der Waals surface area contributed by atoms with Crippen LogP contribution in [0.15, 0.2) is 18.2 Å². The number of para-hydroxylation sites is 1. The predicted molar refractivity (Wildman–Crippen MR) is 64.0 cm³/mol. The Hall–Kier alpha value is -1.22. The van der Waals surface area contributed by atoms with E-state index >= 15 is 0 Å². The summed E-state index contributed by atoms with van der Waals surface area (Å²) >= 11 is 0. The molecule has 1 aliphatic heterocycles. The molecule has 1 atom stereocenters. The Balaban J connectivity index is 2.18. The summed E-state index contributed by atoms with van der Waals surface area (Å²) < 4.78 is 10.9. The molecule has 1 heterocycles. The number of hydrogen-bond donors (Lipinski definition) is 0. The van der Waals surface area contributed by atoms with Crippen LogP contribution < -0.4 is 9.47 Å². The molecule has 0 fully saturated rings. The summed E-state index contributed by atoms with van der Waals surface area (Å²) in [5.41, 5.74) is 1.25. The van der Waals surface area contributed by atoms with Gasteiger partial charge < -0.3 is 14.4 Å². The second kappa shape index (κ2) is 4.74. The Morgan fingerprint density at radius 2 is 2.12 bits per heavy atom. The molecule has 0 saturated heterocycles. The van der Waals surface area contributed by atoms with Crippen LogP contribution in [0.1, 0.15) is 18.9 Å². The van der Waals surface area contributed by atoms with Crippen molar-refractivity contribution < 1.29 is 9.47 Å². The fourth-order valence-electron chi connectivity index (χ4n) is 2.10. The molecule has 0 N–H and O–H groups in total. The van der Waals surface area contributed by atoms with Crippen LogP contribution >= 0.6 is 0 Å². The van der Waals surface area contributed by atoms with Gasteiger partial charge in [-0.25, -0.2) is 0 Å². The van der Waals surface area contributed by atoms with Gasteiger partial charge in [-0.1, -0.05) is 19.1 Å². The van der Waals surface area contributed by atoms with E-state index in [4.69, 9.17) is 9.47 Å². The first kappa shape index (κ1) is 11.3. The normalized spacial score (nSPS) is 15.5. The highest BCUT2D eigenvalue weighted by Crippen LogP contribution is 2.36. The lowest BCUT2D eigenvalue weighted by molar-refractivity contribution is 0.172. The summed E-state index contributed by atoms with van der Waals surface area (Å²) in [6.07, 6.45) is 2.15. The topological polar surface area (TPSA) is 21.7 Å². The molecule has 3 nitrogen and oxygen atoms in total. The number of ether oxygens (including phenoxy) is 2. The average Bonchev–Trinajstić information content (AvgIpc) is 2.73. The molecule has 1 aromatic rings. The fraction of sp³-hybridized carbons (Fsp3) is 0.538. The second-order valence-corrected chi connectivity index (χ2v) is 4.38. The highest BCUT2D eigenvalue weighted by molar-refractivity contribution is 5.48. The molecular weight excluding hydrogens is 202 g/mol. The quantitative estimate of drug-likeness (QED) is 0.778. The maximum absolute atomic E-state index is 5.51. The molecule has 16 heavy (non-hydrogen) atoms. The number of rotatable bonds is 4. The van der Waals surface area contributed by atoms with Crippen LogP contribution in [0.25, 0.3) is 0 Å². The molecule has 88 valence electrons. The van der Waals surface area contributed by atoms with E-state index < -0.39 is 0 Å². The zero-order valence-electron chi connectivity index (χ0n) is 10.2. The Labute approximate surface area is 97.0 Å². The summed E-state index contributed by atoms with van der Waals surface area (Å²) in [4.78, 5) is 2.26. The van der Waals surface area contributed by atoms with Crippen LogP contribution in [0.3, 0.4) is 0 Å². The molecule has 0 aromatic heterocycles. The molecule has 2 rings (SSSR count). The van der Waals surface area contributed by atoms with Gasteiger partial charge in [0.05, 0.1) is 0 Å². The van der Waals surface area contributed by atoms with Crippen LogP contribution in [-0.4, -0.2) is 31.8 Å². The van der Waals surface area contributed by atoms with Crippen molar-refractivity contribution >= 4 is 0 Å². The van der Waals surface area contributed by atoms with E-state index in [-0.39, 0.29) is 0 Å². The minimum absolute atomic E-state index is 0.352. The lowest BCUT2D eigenvalue weighted by Gasteiger charge is -2.23. The Morgan fingerprint density at radius 1 is 1.31 bits per heavy atom. The first-order chi connectivity index (χ1) is 7.72. The van der Waals surface area contributed by atoms with Gasteiger partial charge in [-0.15, -0.1) is 0 Å². The van der Waals surface area contributed by atoms with E-state index in [1.807, 2.05) is 12.1 Å². The van der Waals surface area contributed by atoms with Crippen molar-refractivity contribution in [2.24, 2.45) is 0 Å². The number of nitrogens with zero attached hydrogens (tertiary/aromatic N) is 1. The van der Waals surface area contributed by atoms with E-state index in [9.17, 15) is 0 Å². The summed E-state index contributed by atoms with van der Waals surface area (Å²) in [6.45, 7) is 2.57. The largest absolute Gasteiger partial charge is 0.454 e. The van der Waals surface area contributed by atoms with Gasteiger partial charge in [-0.3, -0.25) is 0 Å². The molecule has 0 bridgehead atoms. The van der Waals surface area contributed by atoms with Gasteiger partial charge in [-0.2, -0.15) is 0 Å². The molecule has 0 saturated carbocycles. The molecule has 1 unspecified atom stereocenters.